The zero-order valence-corrected chi connectivity index (χ0v) is 24.8. The molecule has 0 N–H and O–H groups in total. The number of nitrogens with zero attached hydrogens (tertiary/aromatic N) is 2. The van der Waals surface area contributed by atoms with Crippen molar-refractivity contribution in [2.24, 2.45) is 29.6 Å². The van der Waals surface area contributed by atoms with Gasteiger partial charge >= 0.3 is 5.97 Å². The summed E-state index contributed by atoms with van der Waals surface area (Å²) in [4.78, 5) is 55.4. The van der Waals surface area contributed by atoms with Crippen molar-refractivity contribution in [2.45, 2.75) is 29.4 Å². The van der Waals surface area contributed by atoms with Crippen LogP contribution in [0.4, 0.5) is 11.4 Å². The number of aryl methyl sites for hydroxylation is 1. The van der Waals surface area contributed by atoms with E-state index in [0.29, 0.717) is 27.0 Å². The van der Waals surface area contributed by atoms with Crippen molar-refractivity contribution in [3.63, 3.8) is 0 Å². The second-order valence-electron chi connectivity index (χ2n) is 10.4. The monoisotopic (exact) mass is 682 g/mol. The molecule has 2 bridgehead atoms. The molecule has 0 aromatic heterocycles. The normalized spacial score (nSPS) is 31.9. The van der Waals surface area contributed by atoms with Crippen LogP contribution in [-0.4, -0.2) is 39.9 Å². The van der Waals surface area contributed by atoms with Gasteiger partial charge in [-0.25, -0.2) is 4.90 Å². The van der Waals surface area contributed by atoms with Crippen LogP contribution in [0, 0.1) is 36.5 Å². The van der Waals surface area contributed by atoms with Gasteiger partial charge in [0.05, 0.1) is 34.2 Å². The fourth-order valence-electron chi connectivity index (χ4n) is 6.52. The van der Waals surface area contributed by atoms with Crippen molar-refractivity contribution in [1.82, 2.24) is 0 Å². The molecule has 2 aliphatic carbocycles. The lowest BCUT2D eigenvalue weighted by Crippen LogP contribution is -2.37. The van der Waals surface area contributed by atoms with Crippen molar-refractivity contribution in [2.75, 3.05) is 16.3 Å². The van der Waals surface area contributed by atoms with Crippen LogP contribution in [-0.2, 0) is 19.2 Å². The Morgan fingerprint density at radius 3 is 2.24 bits per heavy atom. The first-order valence-corrected chi connectivity index (χ1v) is 14.9. The number of fused-ring (bicyclic) bond motifs is 5. The molecule has 4 aliphatic rings. The summed E-state index contributed by atoms with van der Waals surface area (Å²) in [7, 11) is 0. The van der Waals surface area contributed by atoms with Crippen LogP contribution in [0.5, 0.6) is 5.75 Å². The highest BCUT2D eigenvalue weighted by Crippen LogP contribution is 2.60. The summed E-state index contributed by atoms with van der Waals surface area (Å²) in [6.45, 7) is 1.90. The first-order chi connectivity index (χ1) is 18.1. The van der Waals surface area contributed by atoms with Crippen molar-refractivity contribution in [3.8, 4) is 5.75 Å². The number of rotatable bonds is 4. The van der Waals surface area contributed by atoms with E-state index in [-0.39, 0.29) is 69.8 Å². The van der Waals surface area contributed by atoms with Crippen molar-refractivity contribution in [3.05, 3.63) is 52.0 Å². The van der Waals surface area contributed by atoms with Gasteiger partial charge in [-0.1, -0.05) is 55.1 Å². The third-order valence-corrected chi connectivity index (χ3v) is 12.0. The Hall–Kier alpha value is -1.94. The Morgan fingerprint density at radius 2 is 1.61 bits per heavy atom. The molecule has 0 unspecified atom stereocenters. The van der Waals surface area contributed by atoms with Crippen LogP contribution >= 0.6 is 55.1 Å². The first kappa shape index (κ1) is 26.3. The zero-order chi connectivity index (χ0) is 27.0. The van der Waals surface area contributed by atoms with E-state index in [1.807, 2.05) is 0 Å². The maximum atomic E-state index is 13.4. The Kier molecular flexibility index (Phi) is 6.65. The number of imide groups is 1. The standard InChI is InChI=1S/C27H22Br2Cl2N2O5/c1-11-6-14(38-27(37)12-7-20(34)32(10-12)19-8-13(30)2-4-17(19)31)3-5-18(11)33-25(35)21-15-9-16(22(21)26(33)36)24(29)23(15)28/h2-6,8,12,15-16,21-24H,7,9-10H2,1H3/t12-,15-,16-,21-,22-,23+,24+/m1/s1. The minimum atomic E-state index is -0.677. The van der Waals surface area contributed by atoms with E-state index in [1.165, 1.54) is 9.80 Å². The summed E-state index contributed by atoms with van der Waals surface area (Å²) in [5.74, 6) is -1.86. The fourth-order valence-corrected chi connectivity index (χ4v) is 8.78. The lowest BCUT2D eigenvalue weighted by Gasteiger charge is -2.28. The summed E-state index contributed by atoms with van der Waals surface area (Å²) >= 11 is 19.7. The van der Waals surface area contributed by atoms with E-state index in [1.54, 1.807) is 43.3 Å². The summed E-state index contributed by atoms with van der Waals surface area (Å²) in [5, 5.41) is 0.800. The van der Waals surface area contributed by atoms with E-state index in [4.69, 9.17) is 27.9 Å². The third-order valence-electron chi connectivity index (χ3n) is 8.27. The summed E-state index contributed by atoms with van der Waals surface area (Å²) in [6, 6.07) is 9.68. The predicted molar refractivity (Wildman–Crippen MR) is 150 cm³/mol. The number of hydrogen-bond acceptors (Lipinski definition) is 5. The molecule has 2 aliphatic heterocycles. The van der Waals surface area contributed by atoms with Gasteiger partial charge in [0.15, 0.2) is 0 Å². The highest BCUT2D eigenvalue weighted by atomic mass is 79.9. The van der Waals surface area contributed by atoms with Gasteiger partial charge in [0.25, 0.3) is 0 Å². The van der Waals surface area contributed by atoms with Gasteiger partial charge < -0.3 is 9.64 Å². The van der Waals surface area contributed by atoms with E-state index in [2.05, 4.69) is 31.9 Å². The molecular weight excluding hydrogens is 663 g/mol. The van der Waals surface area contributed by atoms with Gasteiger partial charge in [-0.3, -0.25) is 19.2 Å². The quantitative estimate of drug-likeness (QED) is 0.183. The van der Waals surface area contributed by atoms with E-state index >= 15 is 0 Å². The molecule has 2 aromatic carbocycles. The molecule has 0 radical (unpaired) electrons. The van der Waals surface area contributed by atoms with Gasteiger partial charge in [-0.2, -0.15) is 0 Å². The molecule has 198 valence electrons. The summed E-state index contributed by atoms with van der Waals surface area (Å²) < 4.78 is 5.61. The molecule has 11 heteroatoms. The number of halogens is 4. The molecule has 4 fully saturated rings. The number of alkyl halides is 2. The van der Waals surface area contributed by atoms with Crippen LogP contribution in [0.15, 0.2) is 36.4 Å². The maximum absolute atomic E-state index is 13.4. The molecule has 2 aromatic rings. The molecule has 38 heavy (non-hydrogen) atoms. The van der Waals surface area contributed by atoms with Gasteiger partial charge in [0.2, 0.25) is 17.7 Å². The van der Waals surface area contributed by atoms with E-state index in [0.717, 1.165) is 6.42 Å². The average Bonchev–Trinajstić information content (AvgIpc) is 3.59. The number of hydrogen-bond donors (Lipinski definition) is 0. The average molecular weight is 685 g/mol. The van der Waals surface area contributed by atoms with Gasteiger partial charge in [0, 0.05) is 27.6 Å². The van der Waals surface area contributed by atoms with Crippen LogP contribution in [0.3, 0.4) is 0 Å². The van der Waals surface area contributed by atoms with Crippen LogP contribution in [0.2, 0.25) is 10.0 Å². The Bertz CT molecular complexity index is 1370. The number of ether oxygens (including phenoxy) is 1. The third kappa shape index (κ3) is 4.03. The number of amides is 3. The minimum absolute atomic E-state index is 0.0102. The highest BCUT2D eigenvalue weighted by Gasteiger charge is 2.66. The number of carbonyl (C=O) groups excluding carboxylic acids is 4. The SMILES string of the molecule is Cc1cc(OC(=O)[C@@H]2CC(=O)N(c3cc(Cl)ccc3Cl)C2)ccc1N1C(=O)[C@@H]2[C@H]3C[C@@H]([C@H](Br)[C@H]3Br)[C@H]2C1=O. The van der Waals surface area contributed by atoms with Gasteiger partial charge in [-0.05, 0) is 67.1 Å². The largest absolute Gasteiger partial charge is 0.426 e. The topological polar surface area (TPSA) is 84.0 Å². The van der Waals surface area contributed by atoms with Crippen molar-refractivity contribution < 1.29 is 23.9 Å². The highest BCUT2D eigenvalue weighted by molar-refractivity contribution is 9.12. The predicted octanol–water partition coefficient (Wildman–Crippen LogP) is 5.54. The first-order valence-electron chi connectivity index (χ1n) is 12.3. The fraction of sp³-hybridized carbons (Fsp3) is 0.407. The molecule has 2 heterocycles. The van der Waals surface area contributed by atoms with Crippen molar-refractivity contribution >= 4 is 90.1 Å². The van der Waals surface area contributed by atoms with Crippen LogP contribution in [0.25, 0.3) is 0 Å². The molecule has 6 rings (SSSR count). The Balaban J connectivity index is 1.17. The van der Waals surface area contributed by atoms with Gasteiger partial charge in [0.1, 0.15) is 5.75 Å². The second-order valence-corrected chi connectivity index (χ2v) is 13.3. The Morgan fingerprint density at radius 1 is 0.947 bits per heavy atom. The van der Waals surface area contributed by atoms with E-state index < -0.39 is 11.9 Å². The molecular formula is C27H22Br2Cl2N2O5. The lowest BCUT2D eigenvalue weighted by molar-refractivity contribution is -0.139. The Labute approximate surface area is 246 Å². The molecule has 2 saturated carbocycles. The number of carbonyl (C=O) groups is 4. The second kappa shape index (κ2) is 9.61. The van der Waals surface area contributed by atoms with Gasteiger partial charge in [-0.15, -0.1) is 0 Å². The lowest BCUT2D eigenvalue weighted by atomic mass is 9.81. The molecule has 3 amide bonds. The summed E-state index contributed by atoms with van der Waals surface area (Å²) in [6.07, 6.45) is 0.856. The number of benzene rings is 2. The smallest absolute Gasteiger partial charge is 0.316 e. The summed E-state index contributed by atoms with van der Waals surface area (Å²) in [5.41, 5.74) is 1.60. The molecule has 2 saturated heterocycles. The number of anilines is 2. The van der Waals surface area contributed by atoms with Crippen LogP contribution in [0.1, 0.15) is 18.4 Å². The minimum Gasteiger partial charge on any atom is -0.426 e. The van der Waals surface area contributed by atoms with Crippen molar-refractivity contribution in [1.29, 1.82) is 0 Å². The van der Waals surface area contributed by atoms with E-state index in [9.17, 15) is 19.2 Å². The maximum Gasteiger partial charge on any atom is 0.316 e. The number of esters is 1. The molecule has 7 atom stereocenters. The zero-order valence-electron chi connectivity index (χ0n) is 20.1. The molecule has 7 nitrogen and oxygen atoms in total. The molecule has 0 spiro atoms. The van der Waals surface area contributed by atoms with Crippen LogP contribution < -0.4 is 14.5 Å².